The van der Waals surface area contributed by atoms with Crippen LogP contribution in [0.3, 0.4) is 0 Å². The maximum atomic E-state index is 12.2. The molecule has 0 bridgehead atoms. The van der Waals surface area contributed by atoms with E-state index < -0.39 is 0 Å². The highest BCUT2D eigenvalue weighted by Crippen LogP contribution is 2.14. The second kappa shape index (κ2) is 7.69. The smallest absolute Gasteiger partial charge is 0.291 e. The monoisotopic (exact) mass is 352 g/mol. The van der Waals surface area contributed by atoms with Gasteiger partial charge >= 0.3 is 0 Å². The number of hydrogen-bond acceptors (Lipinski definition) is 4. The van der Waals surface area contributed by atoms with Gasteiger partial charge in [-0.15, -0.1) is 0 Å². The second-order valence-electron chi connectivity index (χ2n) is 6.18. The van der Waals surface area contributed by atoms with Gasteiger partial charge in [0.2, 0.25) is 0 Å². The van der Waals surface area contributed by atoms with Crippen molar-refractivity contribution >= 4 is 17.5 Å². The van der Waals surface area contributed by atoms with Crippen molar-refractivity contribution in [1.82, 2.24) is 15.5 Å². The number of aromatic nitrogens is 2. The third kappa shape index (κ3) is 4.18. The molecule has 3 rings (SSSR count). The van der Waals surface area contributed by atoms with E-state index in [4.69, 9.17) is 4.42 Å². The van der Waals surface area contributed by atoms with Gasteiger partial charge in [0.15, 0.2) is 5.76 Å². The van der Waals surface area contributed by atoms with Crippen molar-refractivity contribution in [2.75, 3.05) is 5.32 Å². The van der Waals surface area contributed by atoms with Crippen LogP contribution in [0, 0.1) is 0 Å². The summed E-state index contributed by atoms with van der Waals surface area (Å²) >= 11 is 0. The van der Waals surface area contributed by atoms with E-state index in [0.29, 0.717) is 17.9 Å². The van der Waals surface area contributed by atoms with Gasteiger partial charge in [0.05, 0.1) is 6.26 Å². The predicted molar refractivity (Wildman–Crippen MR) is 97.0 cm³/mol. The van der Waals surface area contributed by atoms with E-state index in [0.717, 1.165) is 11.3 Å². The highest BCUT2D eigenvalue weighted by Gasteiger charge is 2.12. The fraction of sp³-hybridized carbons (Fsp3) is 0.211. The summed E-state index contributed by atoms with van der Waals surface area (Å²) in [4.78, 5) is 24.2. The van der Waals surface area contributed by atoms with Crippen LogP contribution in [0.1, 0.15) is 52.1 Å². The van der Waals surface area contributed by atoms with Crippen molar-refractivity contribution in [2.24, 2.45) is 0 Å². The van der Waals surface area contributed by atoms with E-state index in [1.807, 2.05) is 26.0 Å². The van der Waals surface area contributed by atoms with E-state index in [2.05, 4.69) is 20.8 Å². The molecule has 0 fully saturated rings. The molecule has 0 aliphatic carbocycles. The Kier molecular flexibility index (Phi) is 5.17. The van der Waals surface area contributed by atoms with Crippen molar-refractivity contribution in [3.63, 3.8) is 0 Å². The van der Waals surface area contributed by atoms with Crippen molar-refractivity contribution in [3.05, 3.63) is 71.4 Å². The van der Waals surface area contributed by atoms with Crippen LogP contribution in [0.15, 0.2) is 53.1 Å². The zero-order chi connectivity index (χ0) is 18.5. The number of aromatic amines is 1. The summed E-state index contributed by atoms with van der Waals surface area (Å²) < 4.78 is 5.07. The third-order valence-corrected chi connectivity index (χ3v) is 3.84. The van der Waals surface area contributed by atoms with Crippen molar-refractivity contribution in [2.45, 2.75) is 26.3 Å². The first-order valence-electron chi connectivity index (χ1n) is 8.30. The number of benzene rings is 1. The number of furan rings is 1. The largest absolute Gasteiger partial charge is 0.459 e. The maximum absolute atomic E-state index is 12.2. The molecule has 0 unspecified atom stereocenters. The molecule has 26 heavy (non-hydrogen) atoms. The van der Waals surface area contributed by atoms with E-state index in [1.54, 1.807) is 30.3 Å². The van der Waals surface area contributed by atoms with Crippen LogP contribution in [0.25, 0.3) is 0 Å². The maximum Gasteiger partial charge on any atom is 0.291 e. The Hall–Kier alpha value is -3.35. The minimum atomic E-state index is -0.325. The summed E-state index contributed by atoms with van der Waals surface area (Å²) in [6.45, 7) is 4.38. The molecule has 0 atom stereocenters. The molecule has 2 aromatic heterocycles. The third-order valence-electron chi connectivity index (χ3n) is 3.84. The van der Waals surface area contributed by atoms with Gasteiger partial charge in [0, 0.05) is 17.9 Å². The minimum Gasteiger partial charge on any atom is -0.459 e. The van der Waals surface area contributed by atoms with Crippen LogP contribution < -0.4 is 10.6 Å². The Morgan fingerprint density at radius 2 is 2.00 bits per heavy atom. The van der Waals surface area contributed by atoms with E-state index in [1.165, 1.54) is 6.26 Å². The number of nitrogens with one attached hydrogen (secondary N) is 3. The first-order chi connectivity index (χ1) is 12.5. The van der Waals surface area contributed by atoms with Crippen LogP contribution in [-0.4, -0.2) is 22.0 Å². The fourth-order valence-electron chi connectivity index (χ4n) is 2.38. The van der Waals surface area contributed by atoms with Crippen molar-refractivity contribution < 1.29 is 14.0 Å². The standard InChI is InChI=1S/C19H20N4O3/c1-12(2)15-10-16(23-22-15)18(24)20-11-13-5-3-6-14(9-13)21-19(25)17-7-4-8-26-17/h3-10,12H,11H2,1-2H3,(H,20,24)(H,21,25)(H,22,23). The second-order valence-corrected chi connectivity index (χ2v) is 6.18. The Balaban J connectivity index is 1.59. The summed E-state index contributed by atoms with van der Waals surface area (Å²) in [5.74, 6) is -0.0613. The molecule has 3 N–H and O–H groups in total. The zero-order valence-electron chi connectivity index (χ0n) is 14.6. The van der Waals surface area contributed by atoms with Gasteiger partial charge in [0.25, 0.3) is 11.8 Å². The summed E-state index contributed by atoms with van der Waals surface area (Å²) in [6, 6.07) is 12.2. The number of amides is 2. The van der Waals surface area contributed by atoms with Crippen LogP contribution >= 0.6 is 0 Å². The summed E-state index contributed by atoms with van der Waals surface area (Å²) in [5, 5.41) is 12.5. The van der Waals surface area contributed by atoms with Gasteiger partial charge in [-0.05, 0) is 41.8 Å². The molecule has 0 radical (unpaired) electrons. The Labute approximate surface area is 150 Å². The summed E-state index contributed by atoms with van der Waals surface area (Å²) in [7, 11) is 0. The lowest BCUT2D eigenvalue weighted by atomic mass is 10.1. The van der Waals surface area contributed by atoms with E-state index in [-0.39, 0.29) is 23.5 Å². The number of rotatable bonds is 6. The molecule has 0 aliphatic heterocycles. The number of nitrogens with zero attached hydrogens (tertiary/aromatic N) is 1. The Bertz CT molecular complexity index is 897. The molecule has 0 saturated carbocycles. The molecule has 2 amide bonds. The molecule has 7 nitrogen and oxygen atoms in total. The van der Waals surface area contributed by atoms with Gasteiger partial charge in [0.1, 0.15) is 5.69 Å². The number of carbonyl (C=O) groups excluding carboxylic acids is 2. The molecule has 2 heterocycles. The van der Waals surface area contributed by atoms with Crippen molar-refractivity contribution in [3.8, 4) is 0 Å². The van der Waals surface area contributed by atoms with Gasteiger partial charge in [-0.2, -0.15) is 5.10 Å². The summed E-state index contributed by atoms with van der Waals surface area (Å²) in [5.41, 5.74) is 2.75. The SMILES string of the molecule is CC(C)c1cc(C(=O)NCc2cccc(NC(=O)c3ccco3)c2)n[nH]1. The molecule has 0 saturated heterocycles. The molecular formula is C19H20N4O3. The lowest BCUT2D eigenvalue weighted by molar-refractivity contribution is 0.0944. The van der Waals surface area contributed by atoms with Crippen molar-refractivity contribution in [1.29, 1.82) is 0 Å². The number of H-pyrrole nitrogens is 1. The topological polar surface area (TPSA) is 100 Å². The van der Waals surface area contributed by atoms with E-state index >= 15 is 0 Å². The van der Waals surface area contributed by atoms with Crippen LogP contribution in [-0.2, 0) is 6.54 Å². The lowest BCUT2D eigenvalue weighted by Crippen LogP contribution is -2.23. The molecule has 7 heteroatoms. The predicted octanol–water partition coefficient (Wildman–Crippen LogP) is 3.31. The molecule has 0 aliphatic rings. The molecule has 0 spiro atoms. The average molecular weight is 352 g/mol. The molecular weight excluding hydrogens is 332 g/mol. The fourth-order valence-corrected chi connectivity index (χ4v) is 2.38. The van der Waals surface area contributed by atoms with Crippen LogP contribution in [0.5, 0.6) is 0 Å². The Morgan fingerprint density at radius 3 is 2.69 bits per heavy atom. The first-order valence-corrected chi connectivity index (χ1v) is 8.30. The Morgan fingerprint density at radius 1 is 1.15 bits per heavy atom. The molecule has 134 valence electrons. The van der Waals surface area contributed by atoms with Crippen LogP contribution in [0.2, 0.25) is 0 Å². The minimum absolute atomic E-state index is 0.239. The van der Waals surface area contributed by atoms with Crippen LogP contribution in [0.4, 0.5) is 5.69 Å². The highest BCUT2D eigenvalue weighted by atomic mass is 16.3. The van der Waals surface area contributed by atoms with Gasteiger partial charge in [-0.25, -0.2) is 0 Å². The number of anilines is 1. The first kappa shape index (κ1) is 17.5. The van der Waals surface area contributed by atoms with Gasteiger partial charge in [-0.1, -0.05) is 26.0 Å². The lowest BCUT2D eigenvalue weighted by Gasteiger charge is -2.07. The number of hydrogen-bond donors (Lipinski definition) is 3. The number of carbonyl (C=O) groups is 2. The van der Waals surface area contributed by atoms with Gasteiger partial charge in [-0.3, -0.25) is 14.7 Å². The normalized spacial score (nSPS) is 10.7. The zero-order valence-corrected chi connectivity index (χ0v) is 14.6. The quantitative estimate of drug-likeness (QED) is 0.633. The summed E-state index contributed by atoms with van der Waals surface area (Å²) in [6.07, 6.45) is 1.45. The molecule has 1 aromatic carbocycles. The molecule has 3 aromatic rings. The van der Waals surface area contributed by atoms with E-state index in [9.17, 15) is 9.59 Å². The van der Waals surface area contributed by atoms with Gasteiger partial charge < -0.3 is 15.1 Å². The highest BCUT2D eigenvalue weighted by molar-refractivity contribution is 6.02. The average Bonchev–Trinajstić information content (AvgIpc) is 3.31.